The Morgan fingerprint density at radius 3 is 2.71 bits per heavy atom. The summed E-state index contributed by atoms with van der Waals surface area (Å²) in [5.41, 5.74) is 0.864. The van der Waals surface area contributed by atoms with E-state index < -0.39 is 16.0 Å². The topological polar surface area (TPSA) is 94.6 Å². The highest BCUT2D eigenvalue weighted by atomic mass is 32.2. The largest absolute Gasteiger partial charge is 0.465 e. The van der Waals surface area contributed by atoms with Gasteiger partial charge in [0.05, 0.1) is 18.4 Å². The zero-order valence-electron chi connectivity index (χ0n) is 12.3. The molecule has 0 saturated heterocycles. The molecule has 0 aliphatic rings. The maximum absolute atomic E-state index is 11.9. The first-order valence-corrected chi connectivity index (χ1v) is 8.01. The Morgan fingerprint density at radius 2 is 2.10 bits per heavy atom. The summed E-state index contributed by atoms with van der Waals surface area (Å²) in [6, 6.07) is 1.54. The fourth-order valence-electron chi connectivity index (χ4n) is 1.77. The molecule has 0 bridgehead atoms. The van der Waals surface area contributed by atoms with Gasteiger partial charge < -0.3 is 9.47 Å². The highest BCUT2D eigenvalue weighted by Crippen LogP contribution is 2.06. The van der Waals surface area contributed by atoms with Gasteiger partial charge in [0, 0.05) is 32.7 Å². The van der Waals surface area contributed by atoms with E-state index in [1.165, 1.54) is 26.6 Å². The van der Waals surface area contributed by atoms with Crippen molar-refractivity contribution in [2.75, 3.05) is 26.6 Å². The molecule has 8 heteroatoms. The van der Waals surface area contributed by atoms with Crippen molar-refractivity contribution in [2.24, 2.45) is 5.92 Å². The molecule has 1 N–H and O–H groups in total. The normalized spacial score (nSPS) is 12.9. The molecule has 118 valence electrons. The first-order chi connectivity index (χ1) is 9.88. The molecule has 0 saturated carbocycles. The second kappa shape index (κ2) is 8.06. The van der Waals surface area contributed by atoms with Gasteiger partial charge >= 0.3 is 5.97 Å². The van der Waals surface area contributed by atoms with Gasteiger partial charge in [-0.2, -0.15) is 0 Å². The molecule has 1 heterocycles. The molecule has 1 aromatic rings. The van der Waals surface area contributed by atoms with Gasteiger partial charge in [-0.15, -0.1) is 0 Å². The van der Waals surface area contributed by atoms with Crippen LogP contribution in [0.25, 0.3) is 0 Å². The standard InChI is InChI=1S/C13H20N2O5S/c1-10(8-19-2)9-21(17,18)15-6-11-4-12(7-14-5-11)13(16)20-3/h4-5,7,10,15H,6,8-9H2,1-3H3. The van der Waals surface area contributed by atoms with E-state index in [0.29, 0.717) is 12.2 Å². The van der Waals surface area contributed by atoms with Crippen LogP contribution in [0.3, 0.4) is 0 Å². The van der Waals surface area contributed by atoms with Gasteiger partial charge in [0.15, 0.2) is 0 Å². The quantitative estimate of drug-likeness (QED) is 0.705. The number of hydrogen-bond acceptors (Lipinski definition) is 6. The Morgan fingerprint density at radius 1 is 1.38 bits per heavy atom. The van der Waals surface area contributed by atoms with Crippen LogP contribution in [0.4, 0.5) is 0 Å². The number of methoxy groups -OCH3 is 2. The summed E-state index contributed by atoms with van der Waals surface area (Å²) >= 11 is 0. The van der Waals surface area contributed by atoms with Crippen LogP contribution >= 0.6 is 0 Å². The van der Waals surface area contributed by atoms with E-state index in [2.05, 4.69) is 14.4 Å². The lowest BCUT2D eigenvalue weighted by Gasteiger charge is -2.12. The molecule has 0 radical (unpaired) electrons. The van der Waals surface area contributed by atoms with Crippen LogP contribution in [0, 0.1) is 5.92 Å². The smallest absolute Gasteiger partial charge is 0.339 e. The molecule has 1 rings (SSSR count). The number of nitrogens with one attached hydrogen (secondary N) is 1. The Kier molecular flexibility index (Phi) is 6.73. The summed E-state index contributed by atoms with van der Waals surface area (Å²) in [5, 5.41) is 0. The van der Waals surface area contributed by atoms with Crippen LogP contribution in [-0.4, -0.2) is 46.0 Å². The molecule has 0 aliphatic heterocycles. The van der Waals surface area contributed by atoms with Crippen molar-refractivity contribution in [2.45, 2.75) is 13.5 Å². The van der Waals surface area contributed by atoms with Crippen molar-refractivity contribution >= 4 is 16.0 Å². The highest BCUT2D eigenvalue weighted by molar-refractivity contribution is 7.89. The monoisotopic (exact) mass is 316 g/mol. The number of hydrogen-bond donors (Lipinski definition) is 1. The fourth-order valence-corrected chi connectivity index (χ4v) is 3.12. The summed E-state index contributed by atoms with van der Waals surface area (Å²) < 4.78 is 35.7. The van der Waals surface area contributed by atoms with E-state index >= 15 is 0 Å². The van der Waals surface area contributed by atoms with E-state index in [4.69, 9.17) is 4.74 Å². The lowest BCUT2D eigenvalue weighted by Crippen LogP contribution is -2.30. The third-order valence-corrected chi connectivity index (χ3v) is 4.26. The number of aromatic nitrogens is 1. The van der Waals surface area contributed by atoms with Crippen molar-refractivity contribution in [3.05, 3.63) is 29.6 Å². The minimum atomic E-state index is -3.41. The molecule has 1 aromatic heterocycles. The van der Waals surface area contributed by atoms with E-state index in [-0.39, 0.29) is 23.8 Å². The molecular formula is C13H20N2O5S. The van der Waals surface area contributed by atoms with E-state index in [0.717, 1.165) is 0 Å². The summed E-state index contributed by atoms with van der Waals surface area (Å²) in [4.78, 5) is 15.3. The van der Waals surface area contributed by atoms with Gasteiger partial charge in [0.2, 0.25) is 10.0 Å². The first-order valence-electron chi connectivity index (χ1n) is 6.36. The zero-order chi connectivity index (χ0) is 15.9. The molecule has 0 aromatic carbocycles. The van der Waals surface area contributed by atoms with Crippen molar-refractivity contribution in [3.63, 3.8) is 0 Å². The van der Waals surface area contributed by atoms with Crippen molar-refractivity contribution in [1.82, 2.24) is 9.71 Å². The van der Waals surface area contributed by atoms with Gasteiger partial charge in [0.1, 0.15) is 0 Å². The second-order valence-electron chi connectivity index (χ2n) is 4.74. The third kappa shape index (κ3) is 6.19. The maximum Gasteiger partial charge on any atom is 0.339 e. The van der Waals surface area contributed by atoms with Crippen LogP contribution in [-0.2, 0) is 26.0 Å². The van der Waals surface area contributed by atoms with E-state index in [1.807, 2.05) is 0 Å². The Hall–Kier alpha value is -1.51. The fraction of sp³-hybridized carbons (Fsp3) is 0.538. The SMILES string of the molecule is COCC(C)CS(=O)(=O)NCc1cncc(C(=O)OC)c1. The molecule has 0 aliphatic carbocycles. The summed E-state index contributed by atoms with van der Waals surface area (Å²) in [6.45, 7) is 2.24. The minimum absolute atomic E-state index is 0.0229. The molecule has 0 amide bonds. The average Bonchev–Trinajstić information content (AvgIpc) is 2.44. The number of pyridine rings is 1. The van der Waals surface area contributed by atoms with Gasteiger partial charge in [-0.25, -0.2) is 17.9 Å². The van der Waals surface area contributed by atoms with Crippen LogP contribution in [0.1, 0.15) is 22.8 Å². The molecule has 1 unspecified atom stereocenters. The minimum Gasteiger partial charge on any atom is -0.465 e. The van der Waals surface area contributed by atoms with Crippen LogP contribution < -0.4 is 4.72 Å². The third-order valence-electron chi connectivity index (χ3n) is 2.67. The molecule has 0 fully saturated rings. The van der Waals surface area contributed by atoms with Crippen LogP contribution in [0.15, 0.2) is 18.5 Å². The van der Waals surface area contributed by atoms with E-state index in [1.54, 1.807) is 13.0 Å². The number of nitrogens with zero attached hydrogens (tertiary/aromatic N) is 1. The average molecular weight is 316 g/mol. The molecule has 21 heavy (non-hydrogen) atoms. The number of rotatable bonds is 8. The first kappa shape index (κ1) is 17.5. The van der Waals surface area contributed by atoms with Crippen LogP contribution in [0.5, 0.6) is 0 Å². The van der Waals surface area contributed by atoms with E-state index in [9.17, 15) is 13.2 Å². The second-order valence-corrected chi connectivity index (χ2v) is 6.59. The van der Waals surface area contributed by atoms with Crippen molar-refractivity contribution in [1.29, 1.82) is 0 Å². The number of esters is 1. The highest BCUT2D eigenvalue weighted by Gasteiger charge is 2.16. The lowest BCUT2D eigenvalue weighted by atomic mass is 10.2. The number of sulfonamides is 1. The number of carbonyl (C=O) groups is 1. The molecule has 0 spiro atoms. The number of ether oxygens (including phenoxy) is 2. The van der Waals surface area contributed by atoms with Crippen molar-refractivity contribution < 1.29 is 22.7 Å². The van der Waals surface area contributed by atoms with Crippen LogP contribution in [0.2, 0.25) is 0 Å². The van der Waals surface area contributed by atoms with Gasteiger partial charge in [-0.1, -0.05) is 6.92 Å². The molecule has 7 nitrogen and oxygen atoms in total. The summed E-state index contributed by atoms with van der Waals surface area (Å²) in [7, 11) is -0.613. The lowest BCUT2D eigenvalue weighted by molar-refractivity contribution is 0.0600. The number of carbonyl (C=O) groups excluding carboxylic acids is 1. The Balaban J connectivity index is 2.64. The maximum atomic E-state index is 11.9. The Labute approximate surface area is 124 Å². The predicted octanol–water partition coefficient (Wildman–Crippen LogP) is 0.570. The van der Waals surface area contributed by atoms with Crippen molar-refractivity contribution in [3.8, 4) is 0 Å². The molecule has 1 atom stereocenters. The van der Waals surface area contributed by atoms with Gasteiger partial charge in [-0.3, -0.25) is 4.98 Å². The van der Waals surface area contributed by atoms with Gasteiger partial charge in [-0.05, 0) is 17.5 Å². The van der Waals surface area contributed by atoms with Gasteiger partial charge in [0.25, 0.3) is 0 Å². The Bertz CT molecular complexity index is 574. The summed E-state index contributed by atoms with van der Waals surface area (Å²) in [6.07, 6.45) is 2.86. The predicted molar refractivity (Wildman–Crippen MR) is 77.2 cm³/mol. The molecular weight excluding hydrogens is 296 g/mol. The summed E-state index contributed by atoms with van der Waals surface area (Å²) in [5.74, 6) is -0.640. The zero-order valence-corrected chi connectivity index (χ0v) is 13.1.